The zero-order chi connectivity index (χ0) is 18.3. The molecule has 0 fully saturated rings. The van der Waals surface area contributed by atoms with Crippen molar-refractivity contribution in [2.45, 2.75) is 26.3 Å². The second kappa shape index (κ2) is 8.61. The molecule has 0 spiro atoms. The average Bonchev–Trinajstić information content (AvgIpc) is 2.54. The molecule has 9 nitrogen and oxygen atoms in total. The topological polar surface area (TPSA) is 130 Å². The Hall–Kier alpha value is -2.97. The number of nitrogens with zero attached hydrogens (tertiary/aromatic N) is 2. The fraction of sp³-hybridized carbons (Fsp3) is 0.400. The SMILES string of the molecule is CCN(CCC(=O)O)C(=O)C(C)NC(=O)c1cccc([N+](=O)[O-])c1. The number of hydrogen-bond donors (Lipinski definition) is 2. The van der Waals surface area contributed by atoms with E-state index in [0.717, 1.165) is 6.07 Å². The number of nitro benzene ring substituents is 1. The molecular weight excluding hydrogens is 318 g/mol. The van der Waals surface area contributed by atoms with Gasteiger partial charge >= 0.3 is 5.97 Å². The van der Waals surface area contributed by atoms with E-state index in [-0.39, 0.29) is 24.2 Å². The third-order valence-electron chi connectivity index (χ3n) is 3.33. The molecule has 1 unspecified atom stereocenters. The Labute approximate surface area is 138 Å². The quantitative estimate of drug-likeness (QED) is 0.538. The third kappa shape index (κ3) is 5.34. The highest BCUT2D eigenvalue weighted by molar-refractivity contribution is 5.97. The molecule has 1 aromatic carbocycles. The van der Waals surface area contributed by atoms with Crippen LogP contribution in [0.25, 0.3) is 0 Å². The smallest absolute Gasteiger partial charge is 0.305 e. The maximum absolute atomic E-state index is 12.2. The summed E-state index contributed by atoms with van der Waals surface area (Å²) < 4.78 is 0. The third-order valence-corrected chi connectivity index (χ3v) is 3.33. The number of nitro groups is 1. The Morgan fingerprint density at radius 2 is 2.04 bits per heavy atom. The minimum Gasteiger partial charge on any atom is -0.481 e. The average molecular weight is 337 g/mol. The maximum Gasteiger partial charge on any atom is 0.305 e. The molecule has 0 heterocycles. The lowest BCUT2D eigenvalue weighted by Gasteiger charge is -2.24. The number of rotatable bonds is 8. The molecule has 0 aliphatic carbocycles. The molecule has 0 aliphatic rings. The number of hydrogen-bond acceptors (Lipinski definition) is 5. The van der Waals surface area contributed by atoms with E-state index in [1.165, 1.54) is 30.0 Å². The van der Waals surface area contributed by atoms with Gasteiger partial charge in [0.1, 0.15) is 6.04 Å². The fourth-order valence-electron chi connectivity index (χ4n) is 2.03. The molecule has 0 radical (unpaired) electrons. The highest BCUT2D eigenvalue weighted by Gasteiger charge is 2.22. The number of non-ortho nitro benzene ring substituents is 1. The van der Waals surface area contributed by atoms with Crippen LogP contribution in [0.1, 0.15) is 30.6 Å². The number of benzene rings is 1. The normalized spacial score (nSPS) is 11.4. The number of carboxylic acids is 1. The first-order valence-electron chi connectivity index (χ1n) is 7.32. The lowest BCUT2D eigenvalue weighted by atomic mass is 10.1. The van der Waals surface area contributed by atoms with Gasteiger partial charge in [-0.1, -0.05) is 6.07 Å². The van der Waals surface area contributed by atoms with Gasteiger partial charge in [-0.05, 0) is 19.9 Å². The molecule has 0 saturated carbocycles. The van der Waals surface area contributed by atoms with E-state index in [1.54, 1.807) is 6.92 Å². The summed E-state index contributed by atoms with van der Waals surface area (Å²) in [7, 11) is 0. The highest BCUT2D eigenvalue weighted by atomic mass is 16.6. The van der Waals surface area contributed by atoms with Crippen LogP contribution in [0.2, 0.25) is 0 Å². The summed E-state index contributed by atoms with van der Waals surface area (Å²) in [4.78, 5) is 46.4. The first-order chi connectivity index (χ1) is 11.3. The molecule has 1 rings (SSSR count). The first-order valence-corrected chi connectivity index (χ1v) is 7.32. The van der Waals surface area contributed by atoms with Crippen molar-refractivity contribution in [2.75, 3.05) is 13.1 Å². The Morgan fingerprint density at radius 3 is 2.58 bits per heavy atom. The molecule has 0 aromatic heterocycles. The Morgan fingerprint density at radius 1 is 1.38 bits per heavy atom. The Kier molecular flexibility index (Phi) is 6.84. The van der Waals surface area contributed by atoms with Gasteiger partial charge < -0.3 is 15.3 Å². The summed E-state index contributed by atoms with van der Waals surface area (Å²) in [6.45, 7) is 3.53. The van der Waals surface area contributed by atoms with Crippen LogP contribution >= 0.6 is 0 Å². The molecule has 0 aliphatic heterocycles. The van der Waals surface area contributed by atoms with Crippen LogP contribution < -0.4 is 5.32 Å². The zero-order valence-electron chi connectivity index (χ0n) is 13.4. The van der Waals surface area contributed by atoms with Gasteiger partial charge in [0.05, 0.1) is 11.3 Å². The molecule has 1 aromatic rings. The largest absolute Gasteiger partial charge is 0.481 e. The number of carboxylic acid groups (broad SMARTS) is 1. The minimum atomic E-state index is -1.02. The van der Waals surface area contributed by atoms with Crippen LogP contribution in [0, 0.1) is 10.1 Å². The van der Waals surface area contributed by atoms with Gasteiger partial charge in [0.15, 0.2) is 0 Å². The van der Waals surface area contributed by atoms with Crippen LogP contribution in [-0.2, 0) is 9.59 Å². The summed E-state index contributed by atoms with van der Waals surface area (Å²) in [6.07, 6.45) is -0.189. The van der Waals surface area contributed by atoms with E-state index in [9.17, 15) is 24.5 Å². The van der Waals surface area contributed by atoms with Crippen LogP contribution in [0.5, 0.6) is 0 Å². The van der Waals surface area contributed by atoms with Gasteiger partial charge in [-0.2, -0.15) is 0 Å². The van der Waals surface area contributed by atoms with Crippen molar-refractivity contribution >= 4 is 23.5 Å². The molecule has 0 saturated heterocycles. The van der Waals surface area contributed by atoms with Crippen molar-refractivity contribution in [3.63, 3.8) is 0 Å². The molecule has 9 heteroatoms. The van der Waals surface area contributed by atoms with E-state index in [1.807, 2.05) is 0 Å². The monoisotopic (exact) mass is 337 g/mol. The van der Waals surface area contributed by atoms with Crippen molar-refractivity contribution in [3.8, 4) is 0 Å². The van der Waals surface area contributed by atoms with E-state index < -0.39 is 28.7 Å². The lowest BCUT2D eigenvalue weighted by molar-refractivity contribution is -0.384. The molecule has 130 valence electrons. The van der Waals surface area contributed by atoms with E-state index in [0.29, 0.717) is 6.54 Å². The summed E-state index contributed by atoms with van der Waals surface area (Å²) in [5.74, 6) is -2.05. The molecular formula is C15H19N3O6. The van der Waals surface area contributed by atoms with Gasteiger partial charge in [-0.15, -0.1) is 0 Å². The minimum absolute atomic E-state index is 0.0433. The van der Waals surface area contributed by atoms with Crippen LogP contribution in [0.3, 0.4) is 0 Å². The lowest BCUT2D eigenvalue weighted by Crippen LogP contribution is -2.47. The summed E-state index contributed by atoms with van der Waals surface area (Å²) in [5, 5.41) is 21.9. The van der Waals surface area contributed by atoms with Gasteiger partial charge in [0.2, 0.25) is 5.91 Å². The van der Waals surface area contributed by atoms with Gasteiger partial charge in [-0.3, -0.25) is 24.5 Å². The van der Waals surface area contributed by atoms with E-state index in [2.05, 4.69) is 5.32 Å². The van der Waals surface area contributed by atoms with E-state index in [4.69, 9.17) is 5.11 Å². The molecule has 24 heavy (non-hydrogen) atoms. The summed E-state index contributed by atoms with van der Waals surface area (Å²) in [6, 6.07) is 4.28. The standard InChI is InChI=1S/C15H19N3O6/c1-3-17(8-7-13(19)20)15(22)10(2)16-14(21)11-5-4-6-12(9-11)18(23)24/h4-6,9-10H,3,7-8H2,1-2H3,(H,16,21)(H,19,20). The highest BCUT2D eigenvalue weighted by Crippen LogP contribution is 2.13. The number of nitrogens with one attached hydrogen (secondary N) is 1. The first kappa shape index (κ1) is 19.1. The number of aliphatic carboxylic acids is 1. The number of carbonyl (C=O) groups excluding carboxylic acids is 2. The fourth-order valence-corrected chi connectivity index (χ4v) is 2.03. The number of amides is 2. The number of carbonyl (C=O) groups is 3. The second-order valence-electron chi connectivity index (χ2n) is 5.06. The number of likely N-dealkylation sites (N-methyl/N-ethyl adjacent to an activating group) is 1. The van der Waals surface area contributed by atoms with Gasteiger partial charge in [0, 0.05) is 30.8 Å². The van der Waals surface area contributed by atoms with Gasteiger partial charge in [0.25, 0.3) is 11.6 Å². The van der Waals surface area contributed by atoms with Gasteiger partial charge in [-0.25, -0.2) is 0 Å². The summed E-state index contributed by atoms with van der Waals surface area (Å²) >= 11 is 0. The maximum atomic E-state index is 12.2. The zero-order valence-corrected chi connectivity index (χ0v) is 13.4. The van der Waals surface area contributed by atoms with Crippen molar-refractivity contribution in [2.24, 2.45) is 0 Å². The summed E-state index contributed by atoms with van der Waals surface area (Å²) in [5.41, 5.74) is -0.157. The molecule has 0 bridgehead atoms. The molecule has 2 N–H and O–H groups in total. The van der Waals surface area contributed by atoms with Crippen molar-refractivity contribution in [1.29, 1.82) is 0 Å². The van der Waals surface area contributed by atoms with Crippen LogP contribution in [0.15, 0.2) is 24.3 Å². The van der Waals surface area contributed by atoms with Crippen LogP contribution in [-0.4, -0.2) is 51.8 Å². The van der Waals surface area contributed by atoms with Crippen molar-refractivity contribution < 1.29 is 24.4 Å². The molecule has 1 atom stereocenters. The van der Waals surface area contributed by atoms with Crippen molar-refractivity contribution in [3.05, 3.63) is 39.9 Å². The van der Waals surface area contributed by atoms with E-state index >= 15 is 0 Å². The Balaban J connectivity index is 2.74. The second-order valence-corrected chi connectivity index (χ2v) is 5.06. The molecule has 2 amide bonds. The Bertz CT molecular complexity index is 646. The van der Waals surface area contributed by atoms with Crippen LogP contribution in [0.4, 0.5) is 5.69 Å². The predicted molar refractivity (Wildman–Crippen MR) is 84.5 cm³/mol. The predicted octanol–water partition coefficient (Wildman–Crippen LogP) is 1.04. The van der Waals surface area contributed by atoms with Crippen molar-refractivity contribution in [1.82, 2.24) is 10.2 Å².